The Kier molecular flexibility index (Phi) is 6.95. The van der Waals surface area contributed by atoms with Gasteiger partial charge in [-0.25, -0.2) is 0 Å². The van der Waals surface area contributed by atoms with Gasteiger partial charge in [0.1, 0.15) is 6.07 Å². The fourth-order valence-electron chi connectivity index (χ4n) is 9.00. The van der Waals surface area contributed by atoms with Gasteiger partial charge in [0, 0.05) is 43.4 Å². The summed E-state index contributed by atoms with van der Waals surface area (Å²) in [5.74, 6) is 0. The normalized spacial score (nSPS) is 11.5. The molecule has 0 spiro atoms. The molecule has 0 unspecified atom stereocenters. The second kappa shape index (κ2) is 12.3. The van der Waals surface area contributed by atoms with Crippen molar-refractivity contribution in [2.24, 2.45) is 0 Å². The Morgan fingerprint density at radius 1 is 0.333 bits per heavy atom. The molecule has 11 rings (SSSR count). The van der Waals surface area contributed by atoms with Crippen LogP contribution in [0.4, 0.5) is 0 Å². The largest absolute Gasteiger partial charge is 0.307 e. The van der Waals surface area contributed by atoms with Gasteiger partial charge in [0.2, 0.25) is 0 Å². The molecule has 3 heterocycles. The Bertz CT molecular complexity index is 3580. The average Bonchev–Trinajstić information content (AvgIpc) is 3.91. The van der Waals surface area contributed by atoms with Crippen LogP contribution in [0, 0.1) is 34.0 Å². The Morgan fingerprint density at radius 3 is 1.46 bits per heavy atom. The summed E-state index contributed by atoms with van der Waals surface area (Å²) in [6.07, 6.45) is 0. The lowest BCUT2D eigenvalue weighted by molar-refractivity contribution is 1.13. The molecule has 0 saturated carbocycles. The fraction of sp³-hybridized carbons (Fsp3) is 0. The Hall–Kier alpha value is -8.37. The molecule has 0 amide bonds. The summed E-state index contributed by atoms with van der Waals surface area (Å²) in [5.41, 5.74) is 12.3. The highest BCUT2D eigenvalue weighted by molar-refractivity contribution is 6.16. The zero-order chi connectivity index (χ0) is 38.2. The summed E-state index contributed by atoms with van der Waals surface area (Å²) in [5, 5.41) is 36.9. The molecule has 262 valence electrons. The summed E-state index contributed by atoms with van der Waals surface area (Å²) in [6.45, 7) is 0. The number of hydrogen-bond acceptors (Lipinski definition) is 3. The molecule has 6 heteroatoms. The van der Waals surface area contributed by atoms with Crippen LogP contribution in [0.2, 0.25) is 0 Å². The maximum Gasteiger partial charge on any atom is 0.101 e. The van der Waals surface area contributed by atoms with E-state index in [9.17, 15) is 15.8 Å². The van der Waals surface area contributed by atoms with Crippen LogP contribution in [0.3, 0.4) is 0 Å². The molecule has 0 bridgehead atoms. The quantitative estimate of drug-likeness (QED) is 0.181. The van der Waals surface area contributed by atoms with Crippen LogP contribution in [-0.2, 0) is 0 Å². The third-order valence-corrected chi connectivity index (χ3v) is 11.3. The van der Waals surface area contributed by atoms with E-state index in [1.807, 2.05) is 72.8 Å². The Labute approximate surface area is 326 Å². The molecular formula is C51H28N6. The van der Waals surface area contributed by atoms with E-state index >= 15 is 0 Å². The van der Waals surface area contributed by atoms with Gasteiger partial charge in [-0.3, -0.25) is 0 Å². The van der Waals surface area contributed by atoms with Crippen molar-refractivity contribution in [3.8, 4) is 46.4 Å². The van der Waals surface area contributed by atoms with Gasteiger partial charge in [-0.1, -0.05) is 97.1 Å². The molecule has 0 atom stereocenters. The first kappa shape index (κ1) is 32.1. The highest BCUT2D eigenvalue weighted by Gasteiger charge is 2.24. The highest BCUT2D eigenvalue weighted by Crippen LogP contribution is 2.44. The lowest BCUT2D eigenvalue weighted by atomic mass is 9.98. The maximum atomic E-state index is 10.8. The molecule has 57 heavy (non-hydrogen) atoms. The summed E-state index contributed by atoms with van der Waals surface area (Å²) in [7, 11) is 0. The number of benzene rings is 8. The molecule has 3 aromatic heterocycles. The molecule has 6 nitrogen and oxygen atoms in total. The number of para-hydroxylation sites is 6. The van der Waals surface area contributed by atoms with E-state index < -0.39 is 0 Å². The van der Waals surface area contributed by atoms with Crippen LogP contribution in [0.15, 0.2) is 170 Å². The smallest absolute Gasteiger partial charge is 0.101 e. The van der Waals surface area contributed by atoms with E-state index in [-0.39, 0.29) is 0 Å². The van der Waals surface area contributed by atoms with Gasteiger partial charge in [0.05, 0.1) is 79.0 Å². The van der Waals surface area contributed by atoms with E-state index in [4.69, 9.17) is 0 Å². The van der Waals surface area contributed by atoms with Crippen LogP contribution in [0.25, 0.3) is 93.6 Å². The first-order valence-corrected chi connectivity index (χ1v) is 18.7. The van der Waals surface area contributed by atoms with E-state index in [0.29, 0.717) is 16.7 Å². The summed E-state index contributed by atoms with van der Waals surface area (Å²) in [4.78, 5) is 0. The molecule has 0 radical (unpaired) electrons. The molecule has 0 N–H and O–H groups in total. The van der Waals surface area contributed by atoms with Gasteiger partial charge in [-0.15, -0.1) is 0 Å². The number of nitrogens with zero attached hydrogens (tertiary/aromatic N) is 6. The van der Waals surface area contributed by atoms with Gasteiger partial charge in [0.25, 0.3) is 0 Å². The van der Waals surface area contributed by atoms with Crippen molar-refractivity contribution in [1.82, 2.24) is 13.7 Å². The van der Waals surface area contributed by atoms with Crippen LogP contribution >= 0.6 is 0 Å². The Morgan fingerprint density at radius 2 is 0.807 bits per heavy atom. The maximum absolute atomic E-state index is 10.8. The van der Waals surface area contributed by atoms with Gasteiger partial charge < -0.3 is 13.7 Å². The molecule has 0 aliphatic carbocycles. The number of hydrogen-bond donors (Lipinski definition) is 0. The second-order valence-corrected chi connectivity index (χ2v) is 14.2. The third kappa shape index (κ3) is 4.55. The van der Waals surface area contributed by atoms with E-state index in [1.54, 1.807) is 0 Å². The number of nitriles is 3. The monoisotopic (exact) mass is 724 g/mol. The Balaban J connectivity index is 1.28. The number of fused-ring (bicyclic) bond motifs is 9. The number of rotatable bonds is 4. The minimum Gasteiger partial charge on any atom is -0.307 e. The van der Waals surface area contributed by atoms with Crippen molar-refractivity contribution in [2.75, 3.05) is 0 Å². The second-order valence-electron chi connectivity index (χ2n) is 14.2. The lowest BCUT2D eigenvalue weighted by Gasteiger charge is -2.20. The molecular weight excluding hydrogens is 697 g/mol. The zero-order valence-corrected chi connectivity index (χ0v) is 30.3. The van der Waals surface area contributed by atoms with Gasteiger partial charge in [0.15, 0.2) is 0 Å². The first-order chi connectivity index (χ1) is 28.2. The van der Waals surface area contributed by atoms with Gasteiger partial charge in [-0.2, -0.15) is 15.8 Å². The molecule has 0 saturated heterocycles. The minimum absolute atomic E-state index is 0.567. The summed E-state index contributed by atoms with van der Waals surface area (Å²) >= 11 is 0. The summed E-state index contributed by atoms with van der Waals surface area (Å²) in [6, 6.07) is 64.8. The highest BCUT2D eigenvalue weighted by atomic mass is 15.1. The molecule has 0 fully saturated rings. The van der Waals surface area contributed by atoms with Crippen molar-refractivity contribution < 1.29 is 0 Å². The number of aromatic nitrogens is 3. The SMILES string of the molecule is N#Cc1ccc2c(c1)c1ccccc1n2-c1cccc2c3cc(C#N)ccc3n(-c3ccccc3-c3cccc(C#N)c3-n3c4ccccc4c4ccccc43)c12. The molecule has 11 aromatic rings. The first-order valence-electron chi connectivity index (χ1n) is 18.7. The van der Waals surface area contributed by atoms with Gasteiger partial charge in [-0.05, 0) is 72.8 Å². The van der Waals surface area contributed by atoms with Gasteiger partial charge >= 0.3 is 0 Å². The van der Waals surface area contributed by atoms with Crippen LogP contribution in [0.5, 0.6) is 0 Å². The van der Waals surface area contributed by atoms with E-state index in [0.717, 1.165) is 93.6 Å². The van der Waals surface area contributed by atoms with Crippen molar-refractivity contribution in [3.63, 3.8) is 0 Å². The topological polar surface area (TPSA) is 86.2 Å². The lowest BCUT2D eigenvalue weighted by Crippen LogP contribution is -2.05. The molecule has 0 aliphatic rings. The van der Waals surface area contributed by atoms with Crippen molar-refractivity contribution in [1.29, 1.82) is 15.8 Å². The van der Waals surface area contributed by atoms with Crippen molar-refractivity contribution in [2.45, 2.75) is 0 Å². The van der Waals surface area contributed by atoms with E-state index in [2.05, 4.69) is 129 Å². The molecule has 0 aliphatic heterocycles. The predicted octanol–water partition coefficient (Wildman–Crippen LogP) is 12.3. The fourth-order valence-corrected chi connectivity index (χ4v) is 9.00. The third-order valence-electron chi connectivity index (χ3n) is 11.3. The standard InChI is InChI=1S/C51H28N6/c52-29-32-23-25-47-41(27-32)38-15-4-5-18-43(38)55(47)49-22-10-17-40-42-28-33(30-53)24-26-48(42)57(51(40)49)46-21-8-3-14-37(46)39-16-9-11-34(31-54)50(39)56-44-19-6-1-12-35(44)36-13-2-7-20-45(36)56/h1-28H. The molecule has 8 aromatic carbocycles. The van der Waals surface area contributed by atoms with Crippen LogP contribution in [0.1, 0.15) is 16.7 Å². The summed E-state index contributed by atoms with van der Waals surface area (Å²) < 4.78 is 6.84. The van der Waals surface area contributed by atoms with Crippen molar-refractivity contribution in [3.05, 3.63) is 187 Å². The van der Waals surface area contributed by atoms with Crippen LogP contribution in [-0.4, -0.2) is 13.7 Å². The van der Waals surface area contributed by atoms with Crippen molar-refractivity contribution >= 4 is 65.4 Å². The van der Waals surface area contributed by atoms with Crippen LogP contribution < -0.4 is 0 Å². The minimum atomic E-state index is 0.567. The predicted molar refractivity (Wildman–Crippen MR) is 229 cm³/mol. The van der Waals surface area contributed by atoms with E-state index in [1.165, 1.54) is 0 Å². The average molecular weight is 725 g/mol. The zero-order valence-electron chi connectivity index (χ0n) is 30.3.